The molecule has 1 aromatic heterocycles. The van der Waals surface area contributed by atoms with Crippen LogP contribution >= 0.6 is 15.9 Å². The van der Waals surface area contributed by atoms with E-state index in [2.05, 4.69) is 49.5 Å². The number of methoxy groups -OCH3 is 1. The highest BCUT2D eigenvalue weighted by atomic mass is 79.9. The second-order valence-electron chi connectivity index (χ2n) is 5.69. The summed E-state index contributed by atoms with van der Waals surface area (Å²) in [6.45, 7) is 1.58. The number of rotatable bonds is 4. The van der Waals surface area contributed by atoms with E-state index in [4.69, 9.17) is 4.74 Å². The van der Waals surface area contributed by atoms with Gasteiger partial charge in [-0.1, -0.05) is 27.9 Å². The predicted octanol–water partition coefficient (Wildman–Crippen LogP) is 4.58. The molecule has 1 amide bonds. The summed E-state index contributed by atoms with van der Waals surface area (Å²) in [6, 6.07) is 13.2. The van der Waals surface area contributed by atoms with Crippen LogP contribution in [0.25, 0.3) is 10.9 Å². The van der Waals surface area contributed by atoms with Crippen molar-refractivity contribution >= 4 is 49.8 Å². The maximum Gasteiger partial charge on any atom is 0.300 e. The van der Waals surface area contributed by atoms with Gasteiger partial charge in [-0.15, -0.1) is 0 Å². The molecular weight excluding hydrogens is 420 g/mol. The molecule has 138 valence electrons. The van der Waals surface area contributed by atoms with Crippen molar-refractivity contribution in [1.82, 2.24) is 4.98 Å². The Hall–Kier alpha value is -3.55. The smallest absolute Gasteiger partial charge is 0.300 e. The molecule has 0 bridgehead atoms. The minimum absolute atomic E-state index is 0.378. The Balaban J connectivity index is 2.18. The third-order valence-corrected chi connectivity index (χ3v) is 4.38. The summed E-state index contributed by atoms with van der Waals surface area (Å²) in [6.07, 6.45) is 1.50. The Bertz CT molecular complexity index is 1170. The summed E-state index contributed by atoms with van der Waals surface area (Å²) in [5.41, 5.74) is 2.83. The predicted molar refractivity (Wildman–Crippen MR) is 113 cm³/mol. The first-order valence-corrected chi connectivity index (χ1v) is 9.02. The number of pyridine rings is 1. The first-order valence-electron chi connectivity index (χ1n) is 8.23. The van der Waals surface area contributed by atoms with Crippen molar-refractivity contribution in [2.45, 2.75) is 6.92 Å². The van der Waals surface area contributed by atoms with Gasteiger partial charge in [0.15, 0.2) is 0 Å². The first kappa shape index (κ1) is 19.2. The average Bonchev–Trinajstić information content (AvgIpc) is 2.68. The number of amides is 1. The lowest BCUT2D eigenvalue weighted by molar-refractivity contribution is -0.111. The van der Waals surface area contributed by atoms with Gasteiger partial charge in [-0.3, -0.25) is 9.78 Å². The van der Waals surface area contributed by atoms with E-state index < -0.39 is 5.91 Å². The average molecular weight is 435 g/mol. The highest BCUT2D eigenvalue weighted by molar-refractivity contribution is 9.10. The van der Waals surface area contributed by atoms with Crippen LogP contribution < -0.4 is 15.4 Å². The Morgan fingerprint density at radius 3 is 2.79 bits per heavy atom. The molecule has 2 aromatic carbocycles. The molecule has 0 radical (unpaired) electrons. The van der Waals surface area contributed by atoms with Crippen LogP contribution in [-0.2, 0) is 4.79 Å². The van der Waals surface area contributed by atoms with Crippen LogP contribution in [0.5, 0.6) is 5.75 Å². The molecule has 28 heavy (non-hydrogen) atoms. The number of halogens is 1. The van der Waals surface area contributed by atoms with Gasteiger partial charge in [0.05, 0.1) is 29.6 Å². The van der Waals surface area contributed by atoms with E-state index in [1.165, 1.54) is 13.3 Å². The van der Waals surface area contributed by atoms with Gasteiger partial charge in [0, 0.05) is 27.8 Å². The number of aromatic nitrogens is 1. The van der Waals surface area contributed by atoms with Gasteiger partial charge in [0.25, 0.3) is 5.91 Å². The molecule has 2 N–H and O–H groups in total. The summed E-state index contributed by atoms with van der Waals surface area (Å²) in [5, 5.41) is 16.2. The molecule has 7 heteroatoms. The van der Waals surface area contributed by atoms with E-state index in [1.54, 1.807) is 19.1 Å². The highest BCUT2D eigenvalue weighted by Crippen LogP contribution is 2.36. The van der Waals surface area contributed by atoms with Gasteiger partial charge in [-0.25, -0.2) is 0 Å². The van der Waals surface area contributed by atoms with Gasteiger partial charge in [-0.2, -0.15) is 5.26 Å². The molecule has 3 rings (SSSR count). The van der Waals surface area contributed by atoms with Crippen LogP contribution in [0.1, 0.15) is 12.5 Å². The maximum atomic E-state index is 11.9. The lowest BCUT2D eigenvalue weighted by atomic mass is 10.1. The molecule has 6 nitrogen and oxygen atoms in total. The van der Waals surface area contributed by atoms with Crippen LogP contribution in [0.15, 0.2) is 47.1 Å². The molecule has 0 saturated carbocycles. The van der Waals surface area contributed by atoms with Crippen molar-refractivity contribution in [3.8, 4) is 23.7 Å². The van der Waals surface area contributed by atoms with Gasteiger partial charge >= 0.3 is 0 Å². The maximum absolute atomic E-state index is 11.9. The Labute approximate surface area is 170 Å². The van der Waals surface area contributed by atoms with Crippen molar-refractivity contribution in [2.75, 3.05) is 17.7 Å². The summed E-state index contributed by atoms with van der Waals surface area (Å²) in [4.78, 5) is 16.3. The monoisotopic (exact) mass is 434 g/mol. The molecule has 0 fully saturated rings. The molecule has 0 atom stereocenters. The zero-order valence-corrected chi connectivity index (χ0v) is 16.7. The fourth-order valence-electron chi connectivity index (χ4n) is 2.68. The second-order valence-corrected chi connectivity index (χ2v) is 6.61. The number of nitrogens with one attached hydrogen (secondary N) is 2. The van der Waals surface area contributed by atoms with Crippen molar-refractivity contribution in [3.05, 3.63) is 52.6 Å². The van der Waals surface area contributed by atoms with Crippen LogP contribution in [0.2, 0.25) is 0 Å². The number of hydrogen-bond acceptors (Lipinski definition) is 5. The summed E-state index contributed by atoms with van der Waals surface area (Å²) >= 11 is 3.44. The lowest BCUT2D eigenvalue weighted by Crippen LogP contribution is -2.10. The molecule has 3 aromatic rings. The Kier molecular flexibility index (Phi) is 5.78. The number of ether oxygens (including phenoxy) is 1. The van der Waals surface area contributed by atoms with Crippen molar-refractivity contribution in [1.29, 1.82) is 5.26 Å². The van der Waals surface area contributed by atoms with E-state index in [0.29, 0.717) is 33.6 Å². The van der Waals surface area contributed by atoms with Crippen LogP contribution in [0.3, 0.4) is 0 Å². The number of nitrogens with zero attached hydrogens (tertiary/aromatic N) is 2. The van der Waals surface area contributed by atoms with Gasteiger partial charge in [-0.05, 0) is 37.1 Å². The normalized spacial score (nSPS) is 9.79. The van der Waals surface area contributed by atoms with E-state index in [1.807, 2.05) is 24.3 Å². The number of carbonyl (C=O) groups is 1. The molecular formula is C21H15BrN4O2. The van der Waals surface area contributed by atoms with Gasteiger partial charge in [0.1, 0.15) is 11.8 Å². The molecule has 0 spiro atoms. The fraction of sp³-hybridized carbons (Fsp3) is 0.0952. The van der Waals surface area contributed by atoms with Crippen LogP contribution in [-0.4, -0.2) is 18.0 Å². The quantitative estimate of drug-likeness (QED) is 0.586. The van der Waals surface area contributed by atoms with E-state index in [9.17, 15) is 10.1 Å². The van der Waals surface area contributed by atoms with E-state index >= 15 is 0 Å². The SMILES string of the molecule is CC#CC(=O)Nc1cc2c(Nc3cccc(Br)c3)c(C#N)cnc2cc1OC. The lowest BCUT2D eigenvalue weighted by Gasteiger charge is -2.15. The highest BCUT2D eigenvalue weighted by Gasteiger charge is 2.15. The van der Waals surface area contributed by atoms with Crippen LogP contribution in [0.4, 0.5) is 17.1 Å². The Morgan fingerprint density at radius 1 is 1.29 bits per heavy atom. The molecule has 0 aliphatic carbocycles. The number of fused-ring (bicyclic) bond motifs is 1. The largest absolute Gasteiger partial charge is 0.494 e. The second kappa shape index (κ2) is 8.43. The number of anilines is 3. The third kappa shape index (κ3) is 4.06. The molecule has 0 saturated heterocycles. The van der Waals surface area contributed by atoms with Crippen molar-refractivity contribution < 1.29 is 9.53 Å². The van der Waals surface area contributed by atoms with E-state index in [-0.39, 0.29) is 0 Å². The number of hydrogen-bond donors (Lipinski definition) is 2. The van der Waals surface area contributed by atoms with Crippen molar-refractivity contribution in [2.24, 2.45) is 0 Å². The summed E-state index contributed by atoms with van der Waals surface area (Å²) in [7, 11) is 1.51. The molecule has 0 unspecified atom stereocenters. The summed E-state index contributed by atoms with van der Waals surface area (Å²) < 4.78 is 6.27. The fourth-order valence-corrected chi connectivity index (χ4v) is 3.08. The topological polar surface area (TPSA) is 87.0 Å². The van der Waals surface area contributed by atoms with E-state index in [0.717, 1.165) is 10.2 Å². The first-order chi connectivity index (χ1) is 13.5. The summed E-state index contributed by atoms with van der Waals surface area (Å²) in [5.74, 6) is 4.98. The zero-order valence-electron chi connectivity index (χ0n) is 15.1. The number of nitriles is 1. The minimum Gasteiger partial charge on any atom is -0.494 e. The third-order valence-electron chi connectivity index (χ3n) is 3.89. The molecule has 0 aliphatic rings. The van der Waals surface area contributed by atoms with Gasteiger partial charge < -0.3 is 15.4 Å². The zero-order chi connectivity index (χ0) is 20.1. The van der Waals surface area contributed by atoms with Crippen LogP contribution in [0, 0.1) is 23.2 Å². The standard InChI is InChI=1S/C21H15BrN4O2/c1-3-5-20(27)26-18-9-16-17(10-19(18)28-2)24-12-13(11-23)21(16)25-15-7-4-6-14(22)8-15/h4,6-10,12H,1-2H3,(H,24,25)(H,26,27). The molecule has 1 heterocycles. The Morgan fingerprint density at radius 2 is 2.11 bits per heavy atom. The number of benzene rings is 2. The minimum atomic E-state index is -0.453. The van der Waals surface area contributed by atoms with Crippen molar-refractivity contribution in [3.63, 3.8) is 0 Å². The molecule has 0 aliphatic heterocycles. The number of carbonyl (C=O) groups excluding carboxylic acids is 1. The van der Waals surface area contributed by atoms with Gasteiger partial charge in [0.2, 0.25) is 0 Å².